The van der Waals surface area contributed by atoms with Crippen LogP contribution in [0.1, 0.15) is 13.3 Å². The average Bonchev–Trinajstić information content (AvgIpc) is 2.37. The number of benzene rings is 1. The van der Waals surface area contributed by atoms with Gasteiger partial charge in [-0.25, -0.2) is 0 Å². The molecule has 0 saturated heterocycles. The van der Waals surface area contributed by atoms with Gasteiger partial charge in [0.1, 0.15) is 5.75 Å². The number of nitrogens with two attached hydrogens (primary N) is 1. The van der Waals surface area contributed by atoms with Crippen molar-refractivity contribution in [3.63, 3.8) is 0 Å². The van der Waals surface area contributed by atoms with Gasteiger partial charge < -0.3 is 15.8 Å². The van der Waals surface area contributed by atoms with Gasteiger partial charge in [0.15, 0.2) is 6.61 Å². The van der Waals surface area contributed by atoms with Crippen LogP contribution in [0.4, 0.5) is 5.69 Å². The Labute approximate surface area is 112 Å². The molecule has 0 radical (unpaired) electrons. The summed E-state index contributed by atoms with van der Waals surface area (Å²) < 4.78 is 5.23. The predicted molar refractivity (Wildman–Crippen MR) is 77.2 cm³/mol. The number of rotatable bonds is 9. The lowest BCUT2D eigenvalue weighted by Crippen LogP contribution is -2.20. The van der Waals surface area contributed by atoms with Gasteiger partial charge in [-0.2, -0.15) is 11.8 Å². The van der Waals surface area contributed by atoms with Crippen molar-refractivity contribution >= 4 is 23.4 Å². The van der Waals surface area contributed by atoms with Crippen molar-refractivity contribution < 1.29 is 9.53 Å². The third kappa shape index (κ3) is 6.39. The number of primary amides is 1. The number of hydrogen-bond donors (Lipinski definition) is 2. The largest absolute Gasteiger partial charge is 0.484 e. The first kappa shape index (κ1) is 14.7. The van der Waals surface area contributed by atoms with E-state index in [4.69, 9.17) is 10.5 Å². The number of anilines is 1. The number of carbonyl (C=O) groups is 1. The highest BCUT2D eigenvalue weighted by atomic mass is 32.2. The van der Waals surface area contributed by atoms with Crippen LogP contribution >= 0.6 is 11.8 Å². The van der Waals surface area contributed by atoms with Crippen LogP contribution in [0.25, 0.3) is 0 Å². The highest BCUT2D eigenvalue weighted by Crippen LogP contribution is 2.17. The van der Waals surface area contributed by atoms with E-state index in [9.17, 15) is 4.79 Å². The van der Waals surface area contributed by atoms with Gasteiger partial charge in [0.05, 0.1) is 0 Å². The molecule has 5 heteroatoms. The molecule has 0 aliphatic carbocycles. The monoisotopic (exact) mass is 268 g/mol. The second kappa shape index (κ2) is 8.69. The maximum atomic E-state index is 10.6. The molecular formula is C13H20N2O2S. The number of carbonyl (C=O) groups excluding carboxylic acids is 1. The maximum Gasteiger partial charge on any atom is 0.255 e. The van der Waals surface area contributed by atoms with Gasteiger partial charge in [-0.1, -0.05) is 13.0 Å². The van der Waals surface area contributed by atoms with Crippen molar-refractivity contribution in [3.8, 4) is 5.75 Å². The third-order valence-corrected chi connectivity index (χ3v) is 3.20. The lowest BCUT2D eigenvalue weighted by Gasteiger charge is -2.08. The van der Waals surface area contributed by atoms with Crippen LogP contribution in [0.5, 0.6) is 5.75 Å². The topological polar surface area (TPSA) is 64.3 Å². The summed E-state index contributed by atoms with van der Waals surface area (Å²) in [5.41, 5.74) is 6.02. The molecule has 18 heavy (non-hydrogen) atoms. The molecule has 0 saturated carbocycles. The van der Waals surface area contributed by atoms with E-state index in [-0.39, 0.29) is 6.61 Å². The van der Waals surface area contributed by atoms with E-state index >= 15 is 0 Å². The Morgan fingerprint density at radius 2 is 2.33 bits per heavy atom. The maximum absolute atomic E-state index is 10.6. The first-order valence-corrected chi connectivity index (χ1v) is 7.20. The van der Waals surface area contributed by atoms with Gasteiger partial charge in [-0.15, -0.1) is 0 Å². The standard InChI is InChI=1S/C13H20N2O2S/c1-2-18-8-4-7-15-11-5-3-6-12(9-11)17-10-13(14)16/h3,5-6,9,15H,2,4,7-8,10H2,1H3,(H2,14,16). The second-order valence-electron chi connectivity index (χ2n) is 3.76. The molecule has 1 rings (SSSR count). The minimum absolute atomic E-state index is 0.0867. The molecule has 0 fully saturated rings. The lowest BCUT2D eigenvalue weighted by atomic mass is 10.3. The first-order chi connectivity index (χ1) is 8.72. The van der Waals surface area contributed by atoms with E-state index in [1.807, 2.05) is 30.0 Å². The van der Waals surface area contributed by atoms with Crippen molar-refractivity contribution in [3.05, 3.63) is 24.3 Å². The van der Waals surface area contributed by atoms with Crippen LogP contribution in [0.2, 0.25) is 0 Å². The lowest BCUT2D eigenvalue weighted by molar-refractivity contribution is -0.119. The van der Waals surface area contributed by atoms with E-state index in [2.05, 4.69) is 12.2 Å². The molecule has 1 amide bonds. The molecule has 0 atom stereocenters. The first-order valence-electron chi connectivity index (χ1n) is 6.05. The Morgan fingerprint density at radius 3 is 3.06 bits per heavy atom. The summed E-state index contributed by atoms with van der Waals surface area (Å²) in [4.78, 5) is 10.6. The van der Waals surface area contributed by atoms with E-state index in [0.29, 0.717) is 5.75 Å². The van der Waals surface area contributed by atoms with Crippen LogP contribution in [-0.4, -0.2) is 30.6 Å². The zero-order valence-electron chi connectivity index (χ0n) is 10.6. The average molecular weight is 268 g/mol. The summed E-state index contributed by atoms with van der Waals surface area (Å²) in [5, 5.41) is 3.32. The van der Waals surface area contributed by atoms with Crippen LogP contribution in [0, 0.1) is 0 Å². The number of ether oxygens (including phenoxy) is 1. The fourth-order valence-corrected chi connectivity index (χ4v) is 2.04. The summed E-state index contributed by atoms with van der Waals surface area (Å²) >= 11 is 1.94. The van der Waals surface area contributed by atoms with E-state index in [1.54, 1.807) is 6.07 Å². The quantitative estimate of drug-likeness (QED) is 0.673. The van der Waals surface area contributed by atoms with Crippen LogP contribution in [0.15, 0.2) is 24.3 Å². The van der Waals surface area contributed by atoms with Gasteiger partial charge in [0, 0.05) is 18.3 Å². The predicted octanol–water partition coefficient (Wildman–Crippen LogP) is 2.11. The van der Waals surface area contributed by atoms with Crippen molar-refractivity contribution in [2.75, 3.05) is 30.0 Å². The van der Waals surface area contributed by atoms with Gasteiger partial charge in [-0.3, -0.25) is 4.79 Å². The normalized spacial score (nSPS) is 10.1. The highest BCUT2D eigenvalue weighted by Gasteiger charge is 1.99. The summed E-state index contributed by atoms with van der Waals surface area (Å²) in [5.74, 6) is 2.52. The number of thioether (sulfide) groups is 1. The minimum Gasteiger partial charge on any atom is -0.484 e. The zero-order valence-corrected chi connectivity index (χ0v) is 11.5. The Kier molecular flexibility index (Phi) is 7.10. The molecule has 1 aromatic carbocycles. The summed E-state index contributed by atoms with van der Waals surface area (Å²) in [6.07, 6.45) is 1.13. The third-order valence-electron chi connectivity index (χ3n) is 2.21. The summed E-state index contributed by atoms with van der Waals surface area (Å²) in [6.45, 7) is 3.01. The summed E-state index contributed by atoms with van der Waals surface area (Å²) in [6, 6.07) is 7.54. The van der Waals surface area contributed by atoms with Gasteiger partial charge in [-0.05, 0) is 30.1 Å². The molecule has 4 nitrogen and oxygen atoms in total. The molecule has 0 heterocycles. The molecule has 100 valence electrons. The van der Waals surface area contributed by atoms with Crippen molar-refractivity contribution in [2.24, 2.45) is 5.73 Å². The SMILES string of the molecule is CCSCCCNc1cccc(OCC(N)=O)c1. The molecular weight excluding hydrogens is 248 g/mol. The van der Waals surface area contributed by atoms with Crippen molar-refractivity contribution in [2.45, 2.75) is 13.3 Å². The van der Waals surface area contributed by atoms with Crippen LogP contribution in [0.3, 0.4) is 0 Å². The van der Waals surface area contributed by atoms with Crippen molar-refractivity contribution in [1.29, 1.82) is 0 Å². The summed E-state index contributed by atoms with van der Waals surface area (Å²) in [7, 11) is 0. The molecule has 3 N–H and O–H groups in total. The van der Waals surface area contributed by atoms with Crippen LogP contribution < -0.4 is 15.8 Å². The molecule has 1 aromatic rings. The number of hydrogen-bond acceptors (Lipinski definition) is 4. The fourth-order valence-electron chi connectivity index (χ4n) is 1.40. The fraction of sp³-hybridized carbons (Fsp3) is 0.462. The molecule has 0 unspecified atom stereocenters. The Hall–Kier alpha value is -1.36. The number of amides is 1. The second-order valence-corrected chi connectivity index (χ2v) is 5.15. The van der Waals surface area contributed by atoms with Gasteiger partial charge >= 0.3 is 0 Å². The highest BCUT2D eigenvalue weighted by molar-refractivity contribution is 7.99. The zero-order chi connectivity index (χ0) is 13.2. The molecule has 0 spiro atoms. The molecule has 0 bridgehead atoms. The van der Waals surface area contributed by atoms with Gasteiger partial charge in [0.2, 0.25) is 0 Å². The Morgan fingerprint density at radius 1 is 1.50 bits per heavy atom. The Balaban J connectivity index is 2.32. The van der Waals surface area contributed by atoms with Crippen LogP contribution in [-0.2, 0) is 4.79 Å². The molecule has 0 aliphatic rings. The van der Waals surface area contributed by atoms with E-state index < -0.39 is 5.91 Å². The van der Waals surface area contributed by atoms with Gasteiger partial charge in [0.25, 0.3) is 5.91 Å². The smallest absolute Gasteiger partial charge is 0.255 e. The molecule has 0 aromatic heterocycles. The molecule has 0 aliphatic heterocycles. The van der Waals surface area contributed by atoms with E-state index in [0.717, 1.165) is 24.4 Å². The van der Waals surface area contributed by atoms with Crippen molar-refractivity contribution in [1.82, 2.24) is 0 Å². The minimum atomic E-state index is -0.468. The number of nitrogens with one attached hydrogen (secondary N) is 1. The Bertz CT molecular complexity index is 372. The van der Waals surface area contributed by atoms with E-state index in [1.165, 1.54) is 5.75 Å².